The van der Waals surface area contributed by atoms with Crippen molar-refractivity contribution in [3.8, 4) is 0 Å². The van der Waals surface area contributed by atoms with E-state index in [0.717, 1.165) is 0 Å². The van der Waals surface area contributed by atoms with Crippen molar-refractivity contribution >= 4 is 27.8 Å². The minimum absolute atomic E-state index is 0.449. The maximum atomic E-state index is 10.7. The van der Waals surface area contributed by atoms with E-state index in [1.165, 1.54) is 3.93 Å². The predicted molar refractivity (Wildman–Crippen MR) is 56.4 cm³/mol. The molecule has 0 heterocycles. The fraction of sp³-hybridized carbons (Fsp3) is 0.222. The monoisotopic (exact) mass is 259 g/mol. The summed E-state index contributed by atoms with van der Waals surface area (Å²) in [5.41, 5.74) is 0.689. The summed E-state index contributed by atoms with van der Waals surface area (Å²) >= 11 is 3.11. The molecule has 0 aromatic heterocycles. The molecule has 0 aliphatic heterocycles. The standard InChI is InChI=1S/C9H10BrNO3/c10-11(8(6-12)9(13)14)7-4-2-1-3-5-7/h1-5,8,12H,6H2,(H,13,14). The van der Waals surface area contributed by atoms with Gasteiger partial charge in [0.05, 0.1) is 22.8 Å². The van der Waals surface area contributed by atoms with E-state index in [4.69, 9.17) is 10.2 Å². The first kappa shape index (κ1) is 11.0. The second-order valence-electron chi connectivity index (χ2n) is 2.68. The van der Waals surface area contributed by atoms with Crippen LogP contribution < -0.4 is 3.93 Å². The maximum Gasteiger partial charge on any atom is 0.329 e. The van der Waals surface area contributed by atoms with E-state index < -0.39 is 18.6 Å². The molecule has 0 fully saturated rings. The molecule has 5 heteroatoms. The van der Waals surface area contributed by atoms with E-state index >= 15 is 0 Å². The lowest BCUT2D eigenvalue weighted by molar-refractivity contribution is -0.139. The van der Waals surface area contributed by atoms with Crippen LogP contribution in [0.4, 0.5) is 5.69 Å². The Balaban J connectivity index is 2.83. The van der Waals surface area contributed by atoms with Crippen molar-refractivity contribution in [1.82, 2.24) is 0 Å². The number of halogens is 1. The number of aliphatic hydroxyl groups excluding tert-OH is 1. The van der Waals surface area contributed by atoms with Crippen LogP contribution in [0.2, 0.25) is 0 Å². The smallest absolute Gasteiger partial charge is 0.329 e. The quantitative estimate of drug-likeness (QED) is 0.800. The molecule has 0 saturated carbocycles. The van der Waals surface area contributed by atoms with E-state index in [1.54, 1.807) is 24.3 Å². The van der Waals surface area contributed by atoms with Crippen molar-refractivity contribution < 1.29 is 15.0 Å². The van der Waals surface area contributed by atoms with Crippen LogP contribution >= 0.6 is 16.1 Å². The summed E-state index contributed by atoms with van der Waals surface area (Å²) in [6.07, 6.45) is 0. The first-order chi connectivity index (χ1) is 6.66. The summed E-state index contributed by atoms with van der Waals surface area (Å²) in [6.45, 7) is -0.449. The third-order valence-corrected chi connectivity index (χ3v) is 2.64. The highest BCUT2D eigenvalue weighted by Crippen LogP contribution is 2.20. The molecule has 1 aromatic rings. The van der Waals surface area contributed by atoms with Crippen LogP contribution in [0.3, 0.4) is 0 Å². The van der Waals surface area contributed by atoms with Gasteiger partial charge in [-0.05, 0) is 12.1 Å². The molecule has 1 unspecified atom stereocenters. The van der Waals surface area contributed by atoms with Crippen LogP contribution in [0.15, 0.2) is 30.3 Å². The second-order valence-corrected chi connectivity index (χ2v) is 3.45. The Morgan fingerprint density at radius 2 is 2.00 bits per heavy atom. The molecule has 2 N–H and O–H groups in total. The molecule has 0 bridgehead atoms. The Morgan fingerprint density at radius 3 is 2.43 bits per heavy atom. The van der Waals surface area contributed by atoms with Gasteiger partial charge >= 0.3 is 5.97 Å². The van der Waals surface area contributed by atoms with Crippen molar-refractivity contribution in [1.29, 1.82) is 0 Å². The van der Waals surface area contributed by atoms with Gasteiger partial charge in [0, 0.05) is 5.69 Å². The van der Waals surface area contributed by atoms with Gasteiger partial charge in [-0.2, -0.15) is 0 Å². The fourth-order valence-corrected chi connectivity index (χ4v) is 1.54. The molecule has 1 aromatic carbocycles. The van der Waals surface area contributed by atoms with Gasteiger partial charge in [0.2, 0.25) is 0 Å². The molecule has 14 heavy (non-hydrogen) atoms. The third kappa shape index (κ3) is 2.46. The summed E-state index contributed by atoms with van der Waals surface area (Å²) < 4.78 is 1.34. The summed E-state index contributed by atoms with van der Waals surface area (Å²) in [5, 5.41) is 17.6. The Kier molecular flexibility index (Phi) is 3.91. The molecule has 0 radical (unpaired) electrons. The van der Waals surface area contributed by atoms with Crippen molar-refractivity contribution in [3.63, 3.8) is 0 Å². The van der Waals surface area contributed by atoms with Crippen molar-refractivity contribution in [2.75, 3.05) is 10.5 Å². The lowest BCUT2D eigenvalue weighted by atomic mass is 10.2. The van der Waals surface area contributed by atoms with Crippen molar-refractivity contribution in [3.05, 3.63) is 30.3 Å². The van der Waals surface area contributed by atoms with Crippen molar-refractivity contribution in [2.24, 2.45) is 0 Å². The average molecular weight is 260 g/mol. The van der Waals surface area contributed by atoms with Crippen LogP contribution in [-0.4, -0.2) is 28.8 Å². The highest BCUT2D eigenvalue weighted by molar-refractivity contribution is 9.10. The van der Waals surface area contributed by atoms with Gasteiger partial charge in [-0.15, -0.1) is 0 Å². The summed E-state index contributed by atoms with van der Waals surface area (Å²) in [7, 11) is 0. The largest absolute Gasteiger partial charge is 0.480 e. The zero-order valence-electron chi connectivity index (χ0n) is 7.30. The second kappa shape index (κ2) is 4.97. The normalized spacial score (nSPS) is 12.1. The Bertz CT molecular complexity index is 304. The number of hydrogen-bond acceptors (Lipinski definition) is 3. The summed E-state index contributed by atoms with van der Waals surface area (Å²) in [5.74, 6) is -1.08. The number of para-hydroxylation sites is 1. The molecule has 0 saturated heterocycles. The Morgan fingerprint density at radius 1 is 1.43 bits per heavy atom. The number of carbonyl (C=O) groups is 1. The average Bonchev–Trinajstić information content (AvgIpc) is 2.19. The molecule has 0 spiro atoms. The lowest BCUT2D eigenvalue weighted by Gasteiger charge is -2.22. The molecular weight excluding hydrogens is 250 g/mol. The number of aliphatic hydroxyl groups is 1. The van der Waals surface area contributed by atoms with Gasteiger partial charge < -0.3 is 10.2 Å². The Hall–Kier alpha value is -1.07. The summed E-state index contributed by atoms with van der Waals surface area (Å²) in [6, 6.07) is 7.94. The van der Waals surface area contributed by atoms with Gasteiger partial charge in [-0.25, -0.2) is 4.79 Å². The molecule has 4 nitrogen and oxygen atoms in total. The number of aliphatic carboxylic acids is 1. The van der Waals surface area contributed by atoms with Crippen LogP contribution in [0.1, 0.15) is 0 Å². The van der Waals surface area contributed by atoms with E-state index in [1.807, 2.05) is 6.07 Å². The number of nitrogens with zero attached hydrogens (tertiary/aromatic N) is 1. The minimum atomic E-state index is -1.08. The number of rotatable bonds is 4. The van der Waals surface area contributed by atoms with Crippen molar-refractivity contribution in [2.45, 2.75) is 6.04 Å². The molecule has 1 atom stereocenters. The van der Waals surface area contributed by atoms with E-state index in [-0.39, 0.29) is 0 Å². The number of anilines is 1. The SMILES string of the molecule is O=C(O)C(CO)N(Br)c1ccccc1. The van der Waals surface area contributed by atoms with Crippen LogP contribution in [0.25, 0.3) is 0 Å². The van der Waals surface area contributed by atoms with Gasteiger partial charge in [0.25, 0.3) is 0 Å². The first-order valence-corrected chi connectivity index (χ1v) is 4.71. The molecule has 76 valence electrons. The fourth-order valence-electron chi connectivity index (χ4n) is 0.997. The highest BCUT2D eigenvalue weighted by atomic mass is 79.9. The molecule has 0 aliphatic carbocycles. The predicted octanol–water partition coefficient (Wildman–Crippen LogP) is 1.25. The number of benzene rings is 1. The number of carboxylic acid groups (broad SMARTS) is 1. The molecular formula is C9H10BrNO3. The van der Waals surface area contributed by atoms with Gasteiger partial charge in [-0.1, -0.05) is 18.2 Å². The third-order valence-electron chi connectivity index (χ3n) is 1.73. The molecule has 0 aliphatic rings. The van der Waals surface area contributed by atoms with E-state index in [0.29, 0.717) is 5.69 Å². The summed E-state index contributed by atoms with van der Waals surface area (Å²) in [4.78, 5) is 10.7. The lowest BCUT2D eigenvalue weighted by Crippen LogP contribution is -2.37. The van der Waals surface area contributed by atoms with Gasteiger partial charge in [0.15, 0.2) is 6.04 Å². The Labute approximate surface area is 90.1 Å². The first-order valence-electron chi connectivity index (χ1n) is 4.00. The zero-order valence-corrected chi connectivity index (χ0v) is 8.89. The van der Waals surface area contributed by atoms with E-state index in [2.05, 4.69) is 16.1 Å². The zero-order chi connectivity index (χ0) is 10.6. The molecule has 0 amide bonds. The number of hydrogen-bond donors (Lipinski definition) is 2. The highest BCUT2D eigenvalue weighted by Gasteiger charge is 2.23. The van der Waals surface area contributed by atoms with Crippen LogP contribution in [0, 0.1) is 0 Å². The topological polar surface area (TPSA) is 60.8 Å². The van der Waals surface area contributed by atoms with Gasteiger partial charge in [0.1, 0.15) is 0 Å². The maximum absolute atomic E-state index is 10.7. The van der Waals surface area contributed by atoms with Crippen LogP contribution in [0.5, 0.6) is 0 Å². The number of carboxylic acids is 1. The van der Waals surface area contributed by atoms with E-state index in [9.17, 15) is 4.79 Å². The van der Waals surface area contributed by atoms with Crippen LogP contribution in [-0.2, 0) is 4.79 Å². The molecule has 1 rings (SSSR count). The minimum Gasteiger partial charge on any atom is -0.480 e. The van der Waals surface area contributed by atoms with Gasteiger partial charge in [-0.3, -0.25) is 3.93 Å².